The minimum absolute atomic E-state index is 1.09. The predicted molar refractivity (Wildman–Crippen MR) is 70.6 cm³/mol. The molecule has 0 amide bonds. The molecule has 0 radical (unpaired) electrons. The summed E-state index contributed by atoms with van der Waals surface area (Å²) in [7, 11) is 0. The number of piperazine rings is 1. The third-order valence-corrected chi connectivity index (χ3v) is 2.84. The lowest BCUT2D eigenvalue weighted by Crippen LogP contribution is -2.43. The van der Waals surface area contributed by atoms with Gasteiger partial charge in [0.1, 0.15) is 0 Å². The van der Waals surface area contributed by atoms with Crippen molar-refractivity contribution in [1.29, 1.82) is 0 Å². The zero-order valence-corrected chi connectivity index (χ0v) is 11.0. The second-order valence-corrected chi connectivity index (χ2v) is 4.13. The average molecular weight is 271 g/mol. The van der Waals surface area contributed by atoms with E-state index in [4.69, 9.17) is 0 Å². The monoisotopic (exact) mass is 270 g/mol. The molecule has 0 saturated carbocycles. The van der Waals surface area contributed by atoms with Crippen LogP contribution in [0.1, 0.15) is 13.8 Å². The van der Waals surface area contributed by atoms with Gasteiger partial charge >= 0.3 is 0 Å². The van der Waals surface area contributed by atoms with Crippen LogP contribution in [0.4, 0.5) is 5.69 Å². The van der Waals surface area contributed by atoms with E-state index in [1.165, 1.54) is 5.69 Å². The summed E-state index contributed by atoms with van der Waals surface area (Å²) < 4.78 is 1.14. The fraction of sp³-hybridized carbons (Fsp3) is 0.500. The van der Waals surface area contributed by atoms with Crippen molar-refractivity contribution in [2.45, 2.75) is 13.8 Å². The maximum absolute atomic E-state index is 3.44. The molecule has 0 atom stereocenters. The minimum atomic E-state index is 1.09. The molecule has 1 aromatic rings. The lowest BCUT2D eigenvalue weighted by atomic mass is 10.2. The Bertz CT molecular complexity index is 265. The van der Waals surface area contributed by atoms with Crippen LogP contribution in [0.25, 0.3) is 0 Å². The summed E-state index contributed by atoms with van der Waals surface area (Å²) in [5.74, 6) is 0. The lowest BCUT2D eigenvalue weighted by molar-refractivity contribution is 0.589. The molecule has 1 heterocycles. The smallest absolute Gasteiger partial charge is 0.0367 e. The van der Waals surface area contributed by atoms with Gasteiger partial charge in [0.25, 0.3) is 0 Å². The van der Waals surface area contributed by atoms with Crippen molar-refractivity contribution in [3.05, 3.63) is 28.7 Å². The van der Waals surface area contributed by atoms with E-state index in [2.05, 4.69) is 50.4 Å². The van der Waals surface area contributed by atoms with E-state index in [0.29, 0.717) is 0 Å². The first-order valence-electron chi connectivity index (χ1n) is 5.57. The first kappa shape index (κ1) is 12.5. The number of halogens is 1. The number of benzene rings is 1. The van der Waals surface area contributed by atoms with E-state index in [-0.39, 0.29) is 0 Å². The zero-order chi connectivity index (χ0) is 11.1. The Morgan fingerprint density at radius 2 is 1.60 bits per heavy atom. The Morgan fingerprint density at radius 1 is 1.07 bits per heavy atom. The van der Waals surface area contributed by atoms with Gasteiger partial charge in [0.2, 0.25) is 0 Å². The van der Waals surface area contributed by atoms with Crippen molar-refractivity contribution in [1.82, 2.24) is 5.32 Å². The molecule has 2 rings (SSSR count). The standard InChI is InChI=1S/C10H13BrN2.C2H6/c11-9-1-3-10(4-2-9)13-7-5-12-6-8-13;1-2/h1-4,12H,5-8H2;1-2H3. The quantitative estimate of drug-likeness (QED) is 0.845. The summed E-state index contributed by atoms with van der Waals surface area (Å²) in [5, 5.41) is 3.34. The molecule has 1 aromatic carbocycles. The van der Waals surface area contributed by atoms with Crippen LogP contribution in [0, 0.1) is 0 Å². The largest absolute Gasteiger partial charge is 0.369 e. The van der Waals surface area contributed by atoms with Gasteiger partial charge in [-0.1, -0.05) is 29.8 Å². The highest BCUT2D eigenvalue weighted by molar-refractivity contribution is 9.10. The highest BCUT2D eigenvalue weighted by Crippen LogP contribution is 2.18. The Balaban J connectivity index is 0.000000531. The maximum atomic E-state index is 3.44. The Morgan fingerprint density at radius 3 is 2.13 bits per heavy atom. The molecule has 0 bridgehead atoms. The Hall–Kier alpha value is -0.540. The normalized spacial score (nSPS) is 15.5. The predicted octanol–water partition coefficient (Wildman–Crippen LogP) is 2.88. The summed E-state index contributed by atoms with van der Waals surface area (Å²) in [4.78, 5) is 2.41. The first-order valence-corrected chi connectivity index (χ1v) is 6.37. The van der Waals surface area contributed by atoms with Gasteiger partial charge < -0.3 is 10.2 Å². The molecule has 1 fully saturated rings. The number of hydrogen-bond acceptors (Lipinski definition) is 2. The molecule has 1 saturated heterocycles. The van der Waals surface area contributed by atoms with E-state index in [1.807, 2.05) is 13.8 Å². The van der Waals surface area contributed by atoms with Crippen molar-refractivity contribution < 1.29 is 0 Å². The summed E-state index contributed by atoms with van der Waals surface area (Å²) in [5.41, 5.74) is 1.32. The molecule has 3 heteroatoms. The van der Waals surface area contributed by atoms with Crippen LogP contribution in [-0.4, -0.2) is 26.2 Å². The third-order valence-electron chi connectivity index (χ3n) is 2.31. The zero-order valence-electron chi connectivity index (χ0n) is 9.46. The highest BCUT2D eigenvalue weighted by Gasteiger charge is 2.09. The van der Waals surface area contributed by atoms with E-state index >= 15 is 0 Å². The van der Waals surface area contributed by atoms with Crippen LogP contribution < -0.4 is 10.2 Å². The third kappa shape index (κ3) is 3.84. The molecule has 0 spiro atoms. The molecular weight excluding hydrogens is 252 g/mol. The number of nitrogens with one attached hydrogen (secondary N) is 1. The molecule has 1 aliphatic heterocycles. The molecule has 1 aliphatic rings. The lowest BCUT2D eigenvalue weighted by Gasteiger charge is -2.29. The number of hydrogen-bond donors (Lipinski definition) is 1. The molecule has 1 N–H and O–H groups in total. The van der Waals surface area contributed by atoms with Gasteiger partial charge in [0.15, 0.2) is 0 Å². The molecule has 2 nitrogen and oxygen atoms in total. The Labute approximate surface area is 101 Å². The van der Waals surface area contributed by atoms with E-state index < -0.39 is 0 Å². The van der Waals surface area contributed by atoms with Gasteiger partial charge in [0, 0.05) is 36.3 Å². The molecular formula is C12H19BrN2. The van der Waals surface area contributed by atoms with E-state index in [0.717, 1.165) is 30.7 Å². The van der Waals surface area contributed by atoms with Crippen molar-refractivity contribution in [3.63, 3.8) is 0 Å². The summed E-state index contributed by atoms with van der Waals surface area (Å²) in [6.45, 7) is 8.41. The first-order chi connectivity index (χ1) is 7.36. The summed E-state index contributed by atoms with van der Waals surface area (Å²) in [6.07, 6.45) is 0. The van der Waals surface area contributed by atoms with Gasteiger partial charge in [0.05, 0.1) is 0 Å². The fourth-order valence-corrected chi connectivity index (χ4v) is 1.84. The molecule has 0 unspecified atom stereocenters. The molecule has 0 aromatic heterocycles. The van der Waals surface area contributed by atoms with Crippen LogP contribution in [0.2, 0.25) is 0 Å². The van der Waals surface area contributed by atoms with Gasteiger partial charge in [-0.3, -0.25) is 0 Å². The van der Waals surface area contributed by atoms with E-state index in [9.17, 15) is 0 Å². The number of anilines is 1. The molecule has 0 aliphatic carbocycles. The minimum Gasteiger partial charge on any atom is -0.369 e. The van der Waals surface area contributed by atoms with Crippen LogP contribution in [0.5, 0.6) is 0 Å². The second-order valence-electron chi connectivity index (χ2n) is 3.21. The summed E-state index contributed by atoms with van der Waals surface area (Å²) in [6, 6.07) is 8.51. The highest BCUT2D eigenvalue weighted by atomic mass is 79.9. The Kier molecular flexibility index (Phi) is 5.73. The van der Waals surface area contributed by atoms with Gasteiger partial charge in [-0.15, -0.1) is 0 Å². The van der Waals surface area contributed by atoms with Crippen molar-refractivity contribution in [3.8, 4) is 0 Å². The van der Waals surface area contributed by atoms with Crippen molar-refractivity contribution in [2.24, 2.45) is 0 Å². The van der Waals surface area contributed by atoms with Crippen LogP contribution in [0.15, 0.2) is 28.7 Å². The van der Waals surface area contributed by atoms with Crippen LogP contribution in [-0.2, 0) is 0 Å². The topological polar surface area (TPSA) is 15.3 Å². The number of rotatable bonds is 1. The van der Waals surface area contributed by atoms with Gasteiger partial charge in [-0.25, -0.2) is 0 Å². The van der Waals surface area contributed by atoms with Crippen LogP contribution in [0.3, 0.4) is 0 Å². The number of nitrogens with zero attached hydrogens (tertiary/aromatic N) is 1. The average Bonchev–Trinajstić information content (AvgIpc) is 2.34. The SMILES string of the molecule is Brc1ccc(N2CCNCC2)cc1.CC. The summed E-state index contributed by atoms with van der Waals surface area (Å²) >= 11 is 3.44. The van der Waals surface area contributed by atoms with Gasteiger partial charge in [-0.05, 0) is 24.3 Å². The van der Waals surface area contributed by atoms with Crippen molar-refractivity contribution >= 4 is 21.6 Å². The molecule has 15 heavy (non-hydrogen) atoms. The van der Waals surface area contributed by atoms with E-state index in [1.54, 1.807) is 0 Å². The fourth-order valence-electron chi connectivity index (χ4n) is 1.57. The molecule has 84 valence electrons. The maximum Gasteiger partial charge on any atom is 0.0367 e. The second kappa shape index (κ2) is 6.85. The van der Waals surface area contributed by atoms with Gasteiger partial charge in [-0.2, -0.15) is 0 Å². The van der Waals surface area contributed by atoms with Crippen molar-refractivity contribution in [2.75, 3.05) is 31.1 Å². The van der Waals surface area contributed by atoms with Crippen LogP contribution >= 0.6 is 15.9 Å².